The van der Waals surface area contributed by atoms with Gasteiger partial charge < -0.3 is 55.9 Å². The Labute approximate surface area is 415 Å². The van der Waals surface area contributed by atoms with E-state index < -0.39 is 65.9 Å². The van der Waals surface area contributed by atoms with Crippen LogP contribution in [0.2, 0.25) is 0 Å². The first-order chi connectivity index (χ1) is 35.0. The number of fused-ring (bicyclic) bond motifs is 1. The highest BCUT2D eigenvalue weighted by Gasteiger charge is 2.33. The minimum Gasteiger partial charge on any atom is -0.489 e. The molecule has 0 spiro atoms. The highest BCUT2D eigenvalue weighted by atomic mass is 16.5. The van der Waals surface area contributed by atoms with Crippen molar-refractivity contribution in [2.45, 2.75) is 76.2 Å². The number of benzene rings is 5. The summed E-state index contributed by atoms with van der Waals surface area (Å²) in [6.45, 7) is 1.22. The van der Waals surface area contributed by atoms with Gasteiger partial charge in [-0.05, 0) is 52.9 Å². The van der Waals surface area contributed by atoms with Crippen LogP contribution in [0.5, 0.6) is 5.75 Å². The van der Waals surface area contributed by atoms with Gasteiger partial charge in [-0.15, -0.1) is 0 Å². The van der Waals surface area contributed by atoms with E-state index in [0.29, 0.717) is 29.2 Å². The molecule has 0 unspecified atom stereocenters. The minimum absolute atomic E-state index is 0.0516. The number of carboxylic acids is 1. The summed E-state index contributed by atoms with van der Waals surface area (Å²) < 4.78 is 17.5. The van der Waals surface area contributed by atoms with E-state index in [0.717, 1.165) is 27.6 Å². The van der Waals surface area contributed by atoms with Crippen LogP contribution in [0.4, 0.5) is 4.79 Å². The number of aromatic amines is 2. The molecule has 5 amide bonds. The van der Waals surface area contributed by atoms with Gasteiger partial charge in [0.2, 0.25) is 23.6 Å². The molecule has 18 nitrogen and oxygen atoms in total. The first kappa shape index (κ1) is 51.1. The maximum absolute atomic E-state index is 14.8. The number of carbonyl (C=O) groups excluding carboxylic acids is 5. The number of ether oxygens (including phenoxy) is 3. The Balaban J connectivity index is 1.15. The van der Waals surface area contributed by atoms with Crippen LogP contribution in [0.15, 0.2) is 158 Å². The van der Waals surface area contributed by atoms with Crippen LogP contribution < -0.4 is 31.3 Å². The Kier molecular flexibility index (Phi) is 18.3. The minimum atomic E-state index is -1.46. The van der Waals surface area contributed by atoms with Gasteiger partial charge in [0.05, 0.1) is 19.5 Å². The van der Waals surface area contributed by atoms with Crippen LogP contribution in [0.1, 0.15) is 40.4 Å². The fourth-order valence-electron chi connectivity index (χ4n) is 7.61. The Morgan fingerprint density at radius 2 is 1.10 bits per heavy atom. The normalized spacial score (nSPS) is 13.1. The average molecular weight is 977 g/mol. The third kappa shape index (κ3) is 15.4. The first-order valence-corrected chi connectivity index (χ1v) is 23.3. The molecule has 2 heterocycles. The number of carboxylic acid groups (broad SMARTS) is 1. The molecule has 0 bridgehead atoms. The highest BCUT2D eigenvalue weighted by molar-refractivity contribution is 5.96. The summed E-state index contributed by atoms with van der Waals surface area (Å²) in [5.74, 6) is -3.90. The summed E-state index contributed by atoms with van der Waals surface area (Å²) in [6.07, 6.45) is 3.52. The van der Waals surface area contributed by atoms with Crippen molar-refractivity contribution in [1.29, 1.82) is 0 Å². The zero-order chi connectivity index (χ0) is 50.7. The number of H-pyrrole nitrogens is 2. The van der Waals surface area contributed by atoms with E-state index in [1.54, 1.807) is 54.7 Å². The first-order valence-electron chi connectivity index (χ1n) is 23.3. The van der Waals surface area contributed by atoms with Crippen LogP contribution in [0, 0.1) is 0 Å². The third-order valence-corrected chi connectivity index (χ3v) is 11.5. The van der Waals surface area contributed by atoms with Crippen molar-refractivity contribution in [2.24, 2.45) is 0 Å². The lowest BCUT2D eigenvalue weighted by atomic mass is 10.0. The van der Waals surface area contributed by atoms with Crippen molar-refractivity contribution in [1.82, 2.24) is 41.5 Å². The number of aliphatic carboxylic acids is 1. The molecule has 0 aliphatic rings. The monoisotopic (exact) mass is 976 g/mol. The quantitative estimate of drug-likeness (QED) is 0.0376. The van der Waals surface area contributed by atoms with Crippen molar-refractivity contribution in [3.05, 3.63) is 192 Å². The van der Waals surface area contributed by atoms with Gasteiger partial charge in [0.15, 0.2) is 0 Å². The number of hydrogen-bond acceptors (Lipinski definition) is 10. The van der Waals surface area contributed by atoms with E-state index >= 15 is 0 Å². The maximum Gasteiger partial charge on any atom is 0.408 e. The van der Waals surface area contributed by atoms with Crippen molar-refractivity contribution >= 4 is 46.6 Å². The predicted octanol–water partition coefficient (Wildman–Crippen LogP) is 5.05. The molecule has 5 atom stereocenters. The Hall–Kier alpha value is -8.77. The molecule has 2 aromatic heterocycles. The molecule has 18 heteroatoms. The number of hydrogen-bond donors (Lipinski definition) is 8. The van der Waals surface area contributed by atoms with Crippen molar-refractivity contribution in [2.75, 3.05) is 6.61 Å². The number of amides is 5. The SMILES string of the molecule is C[C@@H](NC(=O)[C@H](Cc1c[nH]c2ccccc12)NC(=O)[C@H](COCc1ccccc1)NC(=O)[C@H](Cc1ccc(OCc2ccccc2)cc1)NC(=O)[C@H](Cc1cnc[nH]1)NC(=O)OCc1ccccc1)C(=O)O. The zero-order valence-electron chi connectivity index (χ0n) is 39.4. The second-order valence-electron chi connectivity index (χ2n) is 17.0. The predicted molar refractivity (Wildman–Crippen MR) is 266 cm³/mol. The number of nitrogens with one attached hydrogen (secondary N) is 7. The third-order valence-electron chi connectivity index (χ3n) is 11.5. The Morgan fingerprint density at radius 1 is 0.556 bits per heavy atom. The largest absolute Gasteiger partial charge is 0.489 e. The molecule has 0 saturated heterocycles. The van der Waals surface area contributed by atoms with Gasteiger partial charge in [-0.3, -0.25) is 24.0 Å². The summed E-state index contributed by atoms with van der Waals surface area (Å²) in [6, 6.07) is 35.4. The second-order valence-corrected chi connectivity index (χ2v) is 17.0. The van der Waals surface area contributed by atoms with Crippen molar-refractivity contribution in [3.63, 3.8) is 0 Å². The van der Waals surface area contributed by atoms with Crippen LogP contribution in [-0.4, -0.2) is 92.6 Å². The van der Waals surface area contributed by atoms with Gasteiger partial charge >= 0.3 is 12.1 Å². The molecule has 0 aliphatic carbocycles. The molecule has 0 saturated carbocycles. The lowest BCUT2D eigenvalue weighted by molar-refractivity contribution is -0.141. The van der Waals surface area contributed by atoms with E-state index in [9.17, 15) is 33.9 Å². The fourth-order valence-corrected chi connectivity index (χ4v) is 7.61. The summed E-state index contributed by atoms with van der Waals surface area (Å²) in [4.78, 5) is 92.7. The van der Waals surface area contributed by atoms with E-state index in [1.165, 1.54) is 19.4 Å². The van der Waals surface area contributed by atoms with Gasteiger partial charge in [-0.25, -0.2) is 9.78 Å². The van der Waals surface area contributed by atoms with E-state index in [2.05, 4.69) is 41.5 Å². The number of alkyl carbamates (subject to hydrolysis) is 1. The molecule has 0 fully saturated rings. The molecule has 7 aromatic rings. The second kappa shape index (κ2) is 25.7. The molecule has 0 radical (unpaired) electrons. The van der Waals surface area contributed by atoms with Gasteiger partial charge in [0.25, 0.3) is 0 Å². The van der Waals surface area contributed by atoms with Crippen LogP contribution in [0.3, 0.4) is 0 Å². The highest BCUT2D eigenvalue weighted by Crippen LogP contribution is 2.20. The van der Waals surface area contributed by atoms with Crippen LogP contribution in [-0.2, 0) is 72.5 Å². The lowest BCUT2D eigenvalue weighted by Crippen LogP contribution is -2.60. The molecular weight excluding hydrogens is 921 g/mol. The maximum atomic E-state index is 14.8. The van der Waals surface area contributed by atoms with Crippen molar-refractivity contribution in [3.8, 4) is 5.75 Å². The van der Waals surface area contributed by atoms with Crippen molar-refractivity contribution < 1.29 is 48.1 Å². The number of imidazole rings is 1. The standard InChI is InChI=1S/C54H56N8O10/c1-35(53(67)68)58-49(63)46(26-40-28-56-44-20-12-11-19-43(40)44)60-52(66)48(33-70-30-37-13-5-2-6-14-37)61-50(64)45(25-36-21-23-42(24-22-36)71-31-38-15-7-3-8-16-38)59-51(65)47(27-41-29-55-34-57-41)62-54(69)72-32-39-17-9-4-10-18-39/h2-24,28-29,34-35,45-48,56H,25-27,30-33H2,1H3,(H,55,57)(H,58,63)(H,59,65)(H,60,66)(H,61,64)(H,62,69)(H,67,68)/t35-,45+,46+,47+,48+/m1/s1. The van der Waals surface area contributed by atoms with Gasteiger partial charge in [-0.2, -0.15) is 0 Å². The topological polar surface area (TPSA) is 255 Å². The number of nitrogens with zero attached hydrogens (tertiary/aromatic N) is 1. The summed E-state index contributed by atoms with van der Waals surface area (Å²) in [5.41, 5.74) is 5.02. The molecule has 8 N–H and O–H groups in total. The molecule has 0 aliphatic heterocycles. The number of carbonyl (C=O) groups is 6. The van der Waals surface area contributed by atoms with E-state index in [4.69, 9.17) is 14.2 Å². The Morgan fingerprint density at radius 3 is 1.72 bits per heavy atom. The molecule has 372 valence electrons. The van der Waals surface area contributed by atoms with Crippen LogP contribution >= 0.6 is 0 Å². The van der Waals surface area contributed by atoms with E-state index in [-0.39, 0.29) is 39.1 Å². The molecular formula is C54H56N8O10. The fraction of sp³-hybridized carbons (Fsp3) is 0.241. The Bertz CT molecular complexity index is 2860. The van der Waals surface area contributed by atoms with Gasteiger partial charge in [-0.1, -0.05) is 121 Å². The van der Waals surface area contributed by atoms with Gasteiger partial charge in [0.1, 0.15) is 49.2 Å². The summed E-state index contributed by atoms with van der Waals surface area (Å²) in [5, 5.41) is 23.8. The lowest BCUT2D eigenvalue weighted by Gasteiger charge is -2.27. The number of aromatic nitrogens is 3. The molecule has 5 aromatic carbocycles. The number of rotatable bonds is 25. The van der Waals surface area contributed by atoms with Gasteiger partial charge in [0, 0.05) is 48.3 Å². The van der Waals surface area contributed by atoms with E-state index in [1.807, 2.05) is 91.0 Å². The molecule has 7 rings (SSSR count). The van der Waals surface area contributed by atoms with Crippen LogP contribution in [0.25, 0.3) is 10.9 Å². The summed E-state index contributed by atoms with van der Waals surface area (Å²) in [7, 11) is 0. The smallest absolute Gasteiger partial charge is 0.408 e. The molecule has 72 heavy (non-hydrogen) atoms. The zero-order valence-corrected chi connectivity index (χ0v) is 39.4. The summed E-state index contributed by atoms with van der Waals surface area (Å²) >= 11 is 0. The number of para-hydroxylation sites is 1. The average Bonchev–Trinajstić information content (AvgIpc) is 4.08.